The first-order chi connectivity index (χ1) is 14.8. The lowest BCUT2D eigenvalue weighted by molar-refractivity contribution is 0.342. The molecule has 2 aromatic heterocycles. The van der Waals surface area contributed by atoms with E-state index in [1.807, 2.05) is 54.6 Å². The number of ether oxygens (including phenoxy) is 1. The lowest BCUT2D eigenvalue weighted by Gasteiger charge is -2.23. The SMILES string of the molecule is Nc1ncnc2c1c(-c1cccc(Oc3ccccc3)c1)nn2C1CC2CNC1C2. The molecule has 2 bridgehead atoms. The first-order valence-electron chi connectivity index (χ1n) is 10.3. The number of piperidine rings is 1. The number of nitrogens with two attached hydrogens (primary N) is 1. The number of para-hydroxylation sites is 1. The fraction of sp³-hybridized carbons (Fsp3) is 0.261. The van der Waals surface area contributed by atoms with E-state index in [-0.39, 0.29) is 6.04 Å². The zero-order valence-electron chi connectivity index (χ0n) is 16.4. The van der Waals surface area contributed by atoms with E-state index in [2.05, 4.69) is 20.0 Å². The summed E-state index contributed by atoms with van der Waals surface area (Å²) in [6.45, 7) is 1.10. The Labute approximate surface area is 173 Å². The van der Waals surface area contributed by atoms with Gasteiger partial charge < -0.3 is 15.8 Å². The van der Waals surface area contributed by atoms with Crippen molar-refractivity contribution in [1.29, 1.82) is 0 Å². The molecule has 1 aliphatic heterocycles. The summed E-state index contributed by atoms with van der Waals surface area (Å²) >= 11 is 0. The number of benzene rings is 2. The largest absolute Gasteiger partial charge is 0.457 e. The van der Waals surface area contributed by atoms with Crippen molar-refractivity contribution in [3.63, 3.8) is 0 Å². The van der Waals surface area contributed by atoms with Gasteiger partial charge in [0, 0.05) is 11.6 Å². The molecule has 150 valence electrons. The molecule has 1 saturated carbocycles. The van der Waals surface area contributed by atoms with E-state index in [4.69, 9.17) is 15.6 Å². The van der Waals surface area contributed by atoms with Crippen LogP contribution < -0.4 is 15.8 Å². The molecule has 3 unspecified atom stereocenters. The van der Waals surface area contributed by atoms with Gasteiger partial charge in [0.05, 0.1) is 11.4 Å². The number of nitrogens with zero attached hydrogens (tertiary/aromatic N) is 4. The molecule has 2 aromatic carbocycles. The third-order valence-corrected chi connectivity index (χ3v) is 6.21. The summed E-state index contributed by atoms with van der Waals surface area (Å²) in [5, 5.41) is 9.42. The van der Waals surface area contributed by atoms with Gasteiger partial charge in [-0.25, -0.2) is 14.6 Å². The van der Waals surface area contributed by atoms with Gasteiger partial charge in [-0.1, -0.05) is 30.3 Å². The monoisotopic (exact) mass is 398 g/mol. The number of hydrogen-bond acceptors (Lipinski definition) is 6. The molecule has 0 spiro atoms. The van der Waals surface area contributed by atoms with Crippen LogP contribution in [0.2, 0.25) is 0 Å². The fourth-order valence-corrected chi connectivity index (χ4v) is 4.85. The normalized spacial score (nSPS) is 22.6. The van der Waals surface area contributed by atoms with E-state index < -0.39 is 0 Å². The second kappa shape index (κ2) is 6.81. The predicted molar refractivity (Wildman–Crippen MR) is 115 cm³/mol. The summed E-state index contributed by atoms with van der Waals surface area (Å²) in [6, 6.07) is 18.4. The highest BCUT2D eigenvalue weighted by Crippen LogP contribution is 2.42. The Morgan fingerprint density at radius 1 is 1.00 bits per heavy atom. The molecule has 7 heteroatoms. The van der Waals surface area contributed by atoms with E-state index in [1.165, 1.54) is 12.7 Å². The quantitative estimate of drug-likeness (QED) is 0.543. The Morgan fingerprint density at radius 3 is 2.67 bits per heavy atom. The number of rotatable bonds is 4. The Morgan fingerprint density at radius 2 is 1.87 bits per heavy atom. The van der Waals surface area contributed by atoms with Gasteiger partial charge in [-0.3, -0.25) is 0 Å². The molecule has 1 saturated heterocycles. The van der Waals surface area contributed by atoms with Crippen molar-refractivity contribution in [2.75, 3.05) is 12.3 Å². The van der Waals surface area contributed by atoms with Crippen LogP contribution in [0.5, 0.6) is 11.5 Å². The molecule has 2 aliphatic rings. The molecule has 2 fully saturated rings. The van der Waals surface area contributed by atoms with Gasteiger partial charge in [0.2, 0.25) is 0 Å². The first kappa shape index (κ1) is 17.4. The third-order valence-electron chi connectivity index (χ3n) is 6.21. The summed E-state index contributed by atoms with van der Waals surface area (Å²) in [6.07, 6.45) is 3.84. The summed E-state index contributed by atoms with van der Waals surface area (Å²) in [4.78, 5) is 8.79. The Hall–Kier alpha value is -3.45. The molecule has 6 rings (SSSR count). The van der Waals surface area contributed by atoms with Crippen LogP contribution in [0.25, 0.3) is 22.3 Å². The van der Waals surface area contributed by atoms with Gasteiger partial charge in [-0.15, -0.1) is 0 Å². The molecule has 3 N–H and O–H groups in total. The number of anilines is 1. The van der Waals surface area contributed by atoms with Crippen molar-refractivity contribution in [3.8, 4) is 22.8 Å². The second-order valence-corrected chi connectivity index (χ2v) is 8.11. The Kier molecular flexibility index (Phi) is 3.95. The van der Waals surface area contributed by atoms with Crippen LogP contribution in [0, 0.1) is 5.92 Å². The zero-order chi connectivity index (χ0) is 20.1. The van der Waals surface area contributed by atoms with Crippen LogP contribution in [0.3, 0.4) is 0 Å². The minimum Gasteiger partial charge on any atom is -0.457 e. The van der Waals surface area contributed by atoms with Crippen molar-refractivity contribution in [1.82, 2.24) is 25.1 Å². The minimum atomic E-state index is 0.290. The van der Waals surface area contributed by atoms with Crippen molar-refractivity contribution in [2.24, 2.45) is 5.92 Å². The van der Waals surface area contributed by atoms with Crippen LogP contribution in [0.1, 0.15) is 18.9 Å². The van der Waals surface area contributed by atoms with Gasteiger partial charge in [0.1, 0.15) is 29.3 Å². The molecule has 4 aromatic rings. The van der Waals surface area contributed by atoms with E-state index >= 15 is 0 Å². The maximum Gasteiger partial charge on any atom is 0.164 e. The van der Waals surface area contributed by atoms with Crippen molar-refractivity contribution in [3.05, 3.63) is 60.9 Å². The van der Waals surface area contributed by atoms with Crippen molar-refractivity contribution in [2.45, 2.75) is 24.9 Å². The number of aromatic nitrogens is 4. The number of nitrogens with one attached hydrogen (secondary N) is 1. The molecule has 3 atom stereocenters. The molecular formula is C23H22N6O. The van der Waals surface area contributed by atoms with Gasteiger partial charge in [-0.2, -0.15) is 5.10 Å². The zero-order valence-corrected chi connectivity index (χ0v) is 16.4. The van der Waals surface area contributed by atoms with E-state index in [9.17, 15) is 0 Å². The molecule has 7 nitrogen and oxygen atoms in total. The molecule has 0 radical (unpaired) electrons. The average molecular weight is 398 g/mol. The number of fused-ring (bicyclic) bond motifs is 3. The molecular weight excluding hydrogens is 376 g/mol. The topological polar surface area (TPSA) is 90.9 Å². The highest BCUT2D eigenvalue weighted by Gasteiger charge is 2.42. The average Bonchev–Trinajstić information content (AvgIpc) is 3.49. The molecule has 1 aliphatic carbocycles. The predicted octanol–water partition coefficient (Wildman–Crippen LogP) is 3.79. The van der Waals surface area contributed by atoms with Crippen molar-refractivity contribution >= 4 is 16.9 Å². The minimum absolute atomic E-state index is 0.290. The Balaban J connectivity index is 1.45. The smallest absolute Gasteiger partial charge is 0.164 e. The van der Waals surface area contributed by atoms with Gasteiger partial charge >= 0.3 is 0 Å². The lowest BCUT2D eigenvalue weighted by atomic mass is 10.1. The van der Waals surface area contributed by atoms with Crippen LogP contribution in [-0.4, -0.2) is 32.3 Å². The Bertz CT molecular complexity index is 1220. The van der Waals surface area contributed by atoms with Crippen LogP contribution in [-0.2, 0) is 0 Å². The first-order valence-corrected chi connectivity index (χ1v) is 10.3. The van der Waals surface area contributed by atoms with Crippen LogP contribution in [0.15, 0.2) is 60.9 Å². The number of hydrogen-bond donors (Lipinski definition) is 2. The standard InChI is InChI=1S/C23H22N6O/c24-22-20-21(15-5-4-8-17(11-15)30-16-6-2-1-3-7-16)28-29(23(20)27-13-26-22)19-10-14-9-18(19)25-12-14/h1-8,11,13-14,18-19,25H,9-10,12H2,(H2,24,26,27). The molecule has 3 heterocycles. The fourth-order valence-electron chi connectivity index (χ4n) is 4.85. The maximum atomic E-state index is 6.29. The molecule has 0 amide bonds. The van der Waals surface area contributed by atoms with Gasteiger partial charge in [0.25, 0.3) is 0 Å². The van der Waals surface area contributed by atoms with Crippen LogP contribution >= 0.6 is 0 Å². The van der Waals surface area contributed by atoms with E-state index in [0.717, 1.165) is 46.8 Å². The molecule has 30 heavy (non-hydrogen) atoms. The third kappa shape index (κ3) is 2.81. The van der Waals surface area contributed by atoms with E-state index in [0.29, 0.717) is 17.8 Å². The second-order valence-electron chi connectivity index (χ2n) is 8.11. The summed E-state index contributed by atoms with van der Waals surface area (Å²) in [7, 11) is 0. The highest BCUT2D eigenvalue weighted by atomic mass is 16.5. The van der Waals surface area contributed by atoms with Crippen molar-refractivity contribution < 1.29 is 4.74 Å². The van der Waals surface area contributed by atoms with Crippen LogP contribution in [0.4, 0.5) is 5.82 Å². The summed E-state index contributed by atoms with van der Waals surface area (Å²) in [5.74, 6) is 2.70. The number of nitrogen functional groups attached to an aromatic ring is 1. The lowest BCUT2D eigenvalue weighted by Crippen LogP contribution is -2.35. The maximum absolute atomic E-state index is 6.29. The van der Waals surface area contributed by atoms with E-state index in [1.54, 1.807) is 0 Å². The van der Waals surface area contributed by atoms with Gasteiger partial charge in [-0.05, 0) is 49.6 Å². The summed E-state index contributed by atoms with van der Waals surface area (Å²) in [5.41, 5.74) is 8.82. The van der Waals surface area contributed by atoms with Gasteiger partial charge in [0.15, 0.2) is 5.65 Å². The summed E-state index contributed by atoms with van der Waals surface area (Å²) < 4.78 is 8.08. The highest BCUT2D eigenvalue weighted by molar-refractivity contribution is 5.98.